The summed E-state index contributed by atoms with van der Waals surface area (Å²) >= 11 is 0. The maximum absolute atomic E-state index is 11.8. The lowest BCUT2D eigenvalue weighted by atomic mass is 10.00. The van der Waals surface area contributed by atoms with Gasteiger partial charge in [0.25, 0.3) is 0 Å². The molecule has 1 aromatic heterocycles. The van der Waals surface area contributed by atoms with E-state index >= 15 is 0 Å². The van der Waals surface area contributed by atoms with Crippen LogP contribution in [-0.2, 0) is 0 Å². The molecule has 3 heterocycles. The highest BCUT2D eigenvalue weighted by Gasteiger charge is 2.32. The number of piperazine rings is 1. The lowest BCUT2D eigenvalue weighted by molar-refractivity contribution is -0.383. The molecule has 1 unspecified atom stereocenters. The van der Waals surface area contributed by atoms with Gasteiger partial charge in [0.2, 0.25) is 11.6 Å². The van der Waals surface area contributed by atoms with Crippen LogP contribution in [0.5, 0.6) is 0 Å². The van der Waals surface area contributed by atoms with Gasteiger partial charge in [-0.15, -0.1) is 0 Å². The fraction of sp³-hybridized carbons (Fsp3) is 0.750. The van der Waals surface area contributed by atoms with Crippen molar-refractivity contribution in [3.8, 4) is 0 Å². The first-order valence-electron chi connectivity index (χ1n) is 9.06. The number of hydrogen-bond donors (Lipinski definition) is 1. The van der Waals surface area contributed by atoms with E-state index < -0.39 is 0 Å². The average molecular weight is 349 g/mol. The van der Waals surface area contributed by atoms with E-state index in [9.17, 15) is 10.1 Å². The zero-order chi connectivity index (χ0) is 17.8. The molecule has 0 amide bonds. The fourth-order valence-corrected chi connectivity index (χ4v) is 3.60. The molecular weight excluding hydrogens is 322 g/mol. The molecule has 2 aliphatic rings. The lowest BCUT2D eigenvalue weighted by Crippen LogP contribution is -2.47. The van der Waals surface area contributed by atoms with E-state index in [1.165, 1.54) is 12.7 Å². The summed E-state index contributed by atoms with van der Waals surface area (Å²) in [6, 6.07) is 0.304. The Morgan fingerprint density at radius 3 is 2.68 bits per heavy atom. The number of anilines is 2. The normalized spacial score (nSPS) is 22.8. The predicted molar refractivity (Wildman–Crippen MR) is 96.7 cm³/mol. The number of likely N-dealkylation sites (N-methyl/N-ethyl adjacent to an activating group) is 1. The highest BCUT2D eigenvalue weighted by Crippen LogP contribution is 2.36. The van der Waals surface area contributed by atoms with Crippen molar-refractivity contribution in [1.82, 2.24) is 19.9 Å². The molecule has 9 nitrogen and oxygen atoms in total. The maximum Gasteiger partial charge on any atom is 0.354 e. The van der Waals surface area contributed by atoms with Gasteiger partial charge < -0.3 is 9.80 Å². The molecule has 0 spiro atoms. The number of hydrogen-bond acceptors (Lipinski definition) is 8. The van der Waals surface area contributed by atoms with E-state index in [1.54, 1.807) is 0 Å². The smallest absolute Gasteiger partial charge is 0.348 e. The molecule has 9 heteroatoms. The Kier molecular flexibility index (Phi) is 5.64. The van der Waals surface area contributed by atoms with Crippen LogP contribution in [0.1, 0.15) is 32.6 Å². The van der Waals surface area contributed by atoms with Crippen LogP contribution in [0.4, 0.5) is 17.3 Å². The Bertz CT molecular complexity index is 604. The second kappa shape index (κ2) is 7.92. The molecule has 1 N–H and O–H groups in total. The summed E-state index contributed by atoms with van der Waals surface area (Å²) < 4.78 is 0. The highest BCUT2D eigenvalue weighted by atomic mass is 16.6. The number of nitro groups is 1. The molecule has 2 saturated heterocycles. The van der Waals surface area contributed by atoms with E-state index in [2.05, 4.69) is 39.2 Å². The van der Waals surface area contributed by atoms with Gasteiger partial charge in [-0.3, -0.25) is 15.5 Å². The van der Waals surface area contributed by atoms with Crippen molar-refractivity contribution in [3.05, 3.63) is 16.4 Å². The quantitative estimate of drug-likeness (QED) is 0.635. The monoisotopic (exact) mass is 349 g/mol. The van der Waals surface area contributed by atoms with Gasteiger partial charge in [0, 0.05) is 38.8 Å². The largest absolute Gasteiger partial charge is 0.354 e. The number of hydrazine groups is 1. The minimum atomic E-state index is -0.352. The van der Waals surface area contributed by atoms with Crippen LogP contribution in [0.25, 0.3) is 0 Å². The van der Waals surface area contributed by atoms with Gasteiger partial charge in [-0.1, -0.05) is 6.92 Å². The zero-order valence-electron chi connectivity index (χ0n) is 15.0. The SMILES string of the molecule is CCC1CCCCN1c1ncnc(NN2CCN(C)CC2)c1[N+](=O)[O-]. The van der Waals surface area contributed by atoms with Gasteiger partial charge in [0.05, 0.1) is 4.92 Å². The number of nitrogens with one attached hydrogen (secondary N) is 1. The van der Waals surface area contributed by atoms with Gasteiger partial charge in [0.1, 0.15) is 6.33 Å². The molecule has 0 radical (unpaired) electrons. The predicted octanol–water partition coefficient (Wildman–Crippen LogP) is 1.73. The molecule has 138 valence electrons. The zero-order valence-corrected chi connectivity index (χ0v) is 15.0. The highest BCUT2D eigenvalue weighted by molar-refractivity contribution is 5.70. The first kappa shape index (κ1) is 17.8. The van der Waals surface area contributed by atoms with Crippen molar-refractivity contribution >= 4 is 17.3 Å². The molecule has 0 saturated carbocycles. The van der Waals surface area contributed by atoms with Gasteiger partial charge in [-0.25, -0.2) is 15.0 Å². The van der Waals surface area contributed by atoms with E-state index in [0.717, 1.165) is 52.0 Å². The van der Waals surface area contributed by atoms with Crippen LogP contribution in [-0.4, -0.2) is 70.6 Å². The Hall–Kier alpha value is -2.00. The molecule has 2 aliphatic heterocycles. The van der Waals surface area contributed by atoms with Gasteiger partial charge >= 0.3 is 5.69 Å². The van der Waals surface area contributed by atoms with E-state index in [4.69, 9.17) is 0 Å². The molecule has 0 bridgehead atoms. The second-order valence-electron chi connectivity index (χ2n) is 6.80. The Balaban J connectivity index is 1.87. The summed E-state index contributed by atoms with van der Waals surface area (Å²) in [5.41, 5.74) is 3.14. The fourth-order valence-electron chi connectivity index (χ4n) is 3.60. The van der Waals surface area contributed by atoms with Crippen LogP contribution < -0.4 is 10.3 Å². The molecule has 0 aromatic carbocycles. The molecule has 0 aliphatic carbocycles. The number of aromatic nitrogens is 2. The summed E-state index contributed by atoms with van der Waals surface area (Å²) in [5.74, 6) is 0.739. The van der Waals surface area contributed by atoms with Crippen molar-refractivity contribution in [2.45, 2.75) is 38.6 Å². The molecule has 1 aromatic rings. The molecule has 3 rings (SSSR count). The summed E-state index contributed by atoms with van der Waals surface area (Å²) in [6.45, 7) is 6.37. The minimum Gasteiger partial charge on any atom is -0.348 e. The summed E-state index contributed by atoms with van der Waals surface area (Å²) in [6.07, 6.45) is 5.66. The Labute approximate surface area is 148 Å². The van der Waals surface area contributed by atoms with Crippen molar-refractivity contribution in [3.63, 3.8) is 0 Å². The van der Waals surface area contributed by atoms with Crippen molar-refractivity contribution in [1.29, 1.82) is 0 Å². The maximum atomic E-state index is 11.8. The first-order valence-corrected chi connectivity index (χ1v) is 9.06. The van der Waals surface area contributed by atoms with Crippen molar-refractivity contribution < 1.29 is 4.92 Å². The van der Waals surface area contributed by atoms with E-state index in [0.29, 0.717) is 17.7 Å². The summed E-state index contributed by atoms with van der Waals surface area (Å²) in [7, 11) is 2.07. The summed E-state index contributed by atoms with van der Waals surface area (Å²) in [4.78, 5) is 24.3. The lowest BCUT2D eigenvalue weighted by Gasteiger charge is -2.36. The van der Waals surface area contributed by atoms with Gasteiger partial charge in [0.15, 0.2) is 0 Å². The third-order valence-electron chi connectivity index (χ3n) is 5.12. The first-order chi connectivity index (χ1) is 12.1. The van der Waals surface area contributed by atoms with Crippen molar-refractivity contribution in [2.24, 2.45) is 0 Å². The standard InChI is InChI=1S/C16H27N7O2/c1-3-13-6-4-5-7-22(13)16-14(23(24)25)15(17-12-18-16)19-21-10-8-20(2)9-11-21/h12-13H,3-11H2,1-2H3,(H,17,18,19). The Morgan fingerprint density at radius 1 is 1.24 bits per heavy atom. The van der Waals surface area contributed by atoms with Crippen LogP contribution in [0.3, 0.4) is 0 Å². The third kappa shape index (κ3) is 3.98. The van der Waals surface area contributed by atoms with Crippen LogP contribution in [0.15, 0.2) is 6.33 Å². The summed E-state index contributed by atoms with van der Waals surface area (Å²) in [5, 5.41) is 13.8. The van der Waals surface area contributed by atoms with Crippen LogP contribution >= 0.6 is 0 Å². The number of nitrogens with zero attached hydrogens (tertiary/aromatic N) is 6. The van der Waals surface area contributed by atoms with E-state index in [1.807, 2.05) is 5.01 Å². The van der Waals surface area contributed by atoms with Crippen LogP contribution in [0, 0.1) is 10.1 Å². The minimum absolute atomic E-state index is 0.0122. The van der Waals surface area contributed by atoms with E-state index in [-0.39, 0.29) is 10.6 Å². The number of rotatable bonds is 5. The van der Waals surface area contributed by atoms with Crippen molar-refractivity contribution in [2.75, 3.05) is 50.1 Å². The average Bonchev–Trinajstić information content (AvgIpc) is 2.63. The second-order valence-corrected chi connectivity index (χ2v) is 6.80. The topological polar surface area (TPSA) is 90.7 Å². The third-order valence-corrected chi connectivity index (χ3v) is 5.12. The van der Waals surface area contributed by atoms with Gasteiger partial charge in [-0.05, 0) is 32.7 Å². The molecule has 2 fully saturated rings. The number of piperidine rings is 1. The molecule has 25 heavy (non-hydrogen) atoms. The van der Waals surface area contributed by atoms with Gasteiger partial charge in [-0.2, -0.15) is 0 Å². The molecule has 1 atom stereocenters. The molecular formula is C16H27N7O2. The Morgan fingerprint density at radius 2 is 2.00 bits per heavy atom. The van der Waals surface area contributed by atoms with Crippen LogP contribution in [0.2, 0.25) is 0 Å².